The minimum atomic E-state index is -4.84. The first-order valence-corrected chi connectivity index (χ1v) is 6.57. The zero-order chi connectivity index (χ0) is 15.5. The third kappa shape index (κ3) is 5.76. The van der Waals surface area contributed by atoms with E-state index in [0.717, 1.165) is 32.2 Å². The van der Waals surface area contributed by atoms with Crippen LogP contribution in [0.1, 0.15) is 11.6 Å². The Labute approximate surface area is 145 Å². The largest absolute Gasteiger partial charge is 0.573 e. The molecule has 4 nitrogen and oxygen atoms in total. The summed E-state index contributed by atoms with van der Waals surface area (Å²) < 4.78 is 40.8. The number of nitrogens with one attached hydrogen (secondary N) is 1. The first-order chi connectivity index (χ1) is 9.92. The van der Waals surface area contributed by atoms with E-state index in [-0.39, 0.29) is 30.9 Å². The zero-order valence-corrected chi connectivity index (χ0v) is 13.8. The van der Waals surface area contributed by atoms with E-state index in [1.165, 1.54) is 6.07 Å². The van der Waals surface area contributed by atoms with Gasteiger partial charge in [0.1, 0.15) is 0 Å². The molecule has 9 heteroatoms. The molecular formula is C14H19Cl2F3N2O2. The number of alkyl halides is 3. The second-order valence-electron chi connectivity index (χ2n) is 4.71. The van der Waals surface area contributed by atoms with Crippen molar-refractivity contribution in [3.8, 4) is 11.5 Å². The molecule has 0 aromatic heterocycles. The predicted molar refractivity (Wildman–Crippen MR) is 86.7 cm³/mol. The number of aromatic hydroxyl groups is 1. The van der Waals surface area contributed by atoms with E-state index in [1.807, 2.05) is 4.90 Å². The summed E-state index contributed by atoms with van der Waals surface area (Å²) in [6.07, 6.45) is -3.23. The molecule has 23 heavy (non-hydrogen) atoms. The molecule has 1 saturated heterocycles. The highest BCUT2D eigenvalue weighted by Gasteiger charge is 2.33. The number of phenols is 1. The van der Waals surface area contributed by atoms with Crippen molar-refractivity contribution in [2.75, 3.05) is 26.2 Å². The second-order valence-corrected chi connectivity index (χ2v) is 4.71. The molecule has 0 spiro atoms. The number of ether oxygens (including phenoxy) is 1. The molecule has 1 fully saturated rings. The van der Waals surface area contributed by atoms with Gasteiger partial charge in [0.05, 0.1) is 6.04 Å². The van der Waals surface area contributed by atoms with E-state index in [0.29, 0.717) is 5.56 Å². The molecule has 0 amide bonds. The monoisotopic (exact) mass is 374 g/mol. The highest BCUT2D eigenvalue weighted by Crippen LogP contribution is 2.38. The summed E-state index contributed by atoms with van der Waals surface area (Å²) in [6, 6.07) is 3.73. The fourth-order valence-electron chi connectivity index (χ4n) is 2.42. The number of hydrogen-bond donors (Lipinski definition) is 2. The van der Waals surface area contributed by atoms with E-state index in [1.54, 1.807) is 12.1 Å². The summed E-state index contributed by atoms with van der Waals surface area (Å²) in [5.74, 6) is -1.10. The average Bonchev–Trinajstić information content (AvgIpc) is 2.43. The molecule has 1 heterocycles. The van der Waals surface area contributed by atoms with Crippen molar-refractivity contribution >= 4 is 24.8 Å². The number of nitrogens with zero attached hydrogens (tertiary/aromatic N) is 1. The molecule has 0 unspecified atom stereocenters. The van der Waals surface area contributed by atoms with E-state index in [2.05, 4.69) is 16.6 Å². The topological polar surface area (TPSA) is 44.7 Å². The Morgan fingerprint density at radius 2 is 1.87 bits per heavy atom. The van der Waals surface area contributed by atoms with Crippen molar-refractivity contribution in [3.63, 3.8) is 0 Å². The molecule has 1 atom stereocenters. The Morgan fingerprint density at radius 1 is 1.26 bits per heavy atom. The van der Waals surface area contributed by atoms with Gasteiger partial charge in [0.2, 0.25) is 0 Å². The number of rotatable bonds is 4. The van der Waals surface area contributed by atoms with Crippen molar-refractivity contribution in [3.05, 3.63) is 36.4 Å². The molecule has 132 valence electrons. The molecule has 0 aliphatic carbocycles. The van der Waals surface area contributed by atoms with Gasteiger partial charge in [-0.05, 0) is 6.07 Å². The number of para-hydroxylation sites is 1. The SMILES string of the molecule is C=C[C@@H](c1cccc(OC(F)(F)F)c1O)N1CCNCC1.Cl.Cl. The smallest absolute Gasteiger partial charge is 0.504 e. The third-order valence-corrected chi connectivity index (χ3v) is 3.34. The summed E-state index contributed by atoms with van der Waals surface area (Å²) in [5.41, 5.74) is 0.355. The van der Waals surface area contributed by atoms with Crippen molar-refractivity contribution in [2.45, 2.75) is 12.4 Å². The van der Waals surface area contributed by atoms with Gasteiger partial charge in [-0.15, -0.1) is 44.6 Å². The molecule has 2 N–H and O–H groups in total. The molecule has 1 aromatic carbocycles. The lowest BCUT2D eigenvalue weighted by atomic mass is 10.0. The van der Waals surface area contributed by atoms with Gasteiger partial charge in [-0.3, -0.25) is 4.90 Å². The van der Waals surface area contributed by atoms with Gasteiger partial charge >= 0.3 is 6.36 Å². The van der Waals surface area contributed by atoms with Crippen molar-refractivity contribution in [1.82, 2.24) is 10.2 Å². The summed E-state index contributed by atoms with van der Waals surface area (Å²) in [4.78, 5) is 2.04. The number of phenolic OH excluding ortho intramolecular Hbond substituents is 1. The molecular weight excluding hydrogens is 356 g/mol. The van der Waals surface area contributed by atoms with Crippen LogP contribution in [0.25, 0.3) is 0 Å². The number of hydrogen-bond acceptors (Lipinski definition) is 4. The average molecular weight is 375 g/mol. The standard InChI is InChI=1S/C14H17F3N2O2.2ClH/c1-2-11(19-8-6-18-7-9-19)10-4-3-5-12(13(10)20)21-14(15,16)17;;/h2-5,11,18,20H,1,6-9H2;2*1H/t11-;;/m0../s1. The summed E-state index contributed by atoms with van der Waals surface area (Å²) in [5, 5.41) is 13.3. The molecule has 1 aliphatic rings. The maximum absolute atomic E-state index is 12.3. The number of halogens is 5. The lowest BCUT2D eigenvalue weighted by Crippen LogP contribution is -2.44. The Kier molecular flexibility index (Phi) is 8.76. The normalized spacial score (nSPS) is 16.7. The van der Waals surface area contributed by atoms with Crippen molar-refractivity contribution < 1.29 is 23.0 Å². The lowest BCUT2D eigenvalue weighted by molar-refractivity contribution is -0.275. The van der Waals surface area contributed by atoms with Gasteiger partial charge in [-0.1, -0.05) is 18.2 Å². The van der Waals surface area contributed by atoms with Crippen LogP contribution in [0.3, 0.4) is 0 Å². The molecule has 0 saturated carbocycles. The van der Waals surface area contributed by atoms with Crippen LogP contribution >= 0.6 is 24.8 Å². The van der Waals surface area contributed by atoms with E-state index in [9.17, 15) is 18.3 Å². The van der Waals surface area contributed by atoms with E-state index >= 15 is 0 Å². The maximum Gasteiger partial charge on any atom is 0.573 e. The fraction of sp³-hybridized carbons (Fsp3) is 0.429. The van der Waals surface area contributed by atoms with Crippen LogP contribution in [0.4, 0.5) is 13.2 Å². The zero-order valence-electron chi connectivity index (χ0n) is 12.2. The van der Waals surface area contributed by atoms with Crippen molar-refractivity contribution in [1.29, 1.82) is 0 Å². The van der Waals surface area contributed by atoms with Crippen LogP contribution in [0.15, 0.2) is 30.9 Å². The van der Waals surface area contributed by atoms with E-state index in [4.69, 9.17) is 0 Å². The van der Waals surface area contributed by atoms with Crippen LogP contribution in [0, 0.1) is 0 Å². The second kappa shape index (κ2) is 9.22. The Hall–Kier alpha value is -1.15. The van der Waals surface area contributed by atoms with Gasteiger partial charge in [0.25, 0.3) is 0 Å². The van der Waals surface area contributed by atoms with Crippen LogP contribution in [-0.4, -0.2) is 42.5 Å². The van der Waals surface area contributed by atoms with Crippen LogP contribution in [0.5, 0.6) is 11.5 Å². The minimum absolute atomic E-state index is 0. The minimum Gasteiger partial charge on any atom is -0.504 e. The highest BCUT2D eigenvalue weighted by molar-refractivity contribution is 5.85. The Balaban J connectivity index is 0.00000242. The van der Waals surface area contributed by atoms with Crippen LogP contribution in [-0.2, 0) is 0 Å². The quantitative estimate of drug-likeness (QED) is 0.793. The number of benzene rings is 1. The summed E-state index contributed by atoms with van der Waals surface area (Å²) in [6.45, 7) is 6.73. The summed E-state index contributed by atoms with van der Waals surface area (Å²) >= 11 is 0. The Bertz CT molecular complexity index is 509. The lowest BCUT2D eigenvalue weighted by Gasteiger charge is -2.33. The van der Waals surface area contributed by atoms with Gasteiger partial charge in [0, 0.05) is 31.7 Å². The van der Waals surface area contributed by atoms with Crippen molar-refractivity contribution in [2.24, 2.45) is 0 Å². The molecule has 0 radical (unpaired) electrons. The van der Waals surface area contributed by atoms with Gasteiger partial charge < -0.3 is 15.2 Å². The maximum atomic E-state index is 12.3. The van der Waals surface area contributed by atoms with Gasteiger partial charge in [-0.2, -0.15) is 0 Å². The van der Waals surface area contributed by atoms with E-state index < -0.39 is 17.9 Å². The summed E-state index contributed by atoms with van der Waals surface area (Å²) in [7, 11) is 0. The first-order valence-electron chi connectivity index (χ1n) is 6.57. The number of piperazine rings is 1. The first kappa shape index (κ1) is 21.9. The van der Waals surface area contributed by atoms with Crippen LogP contribution in [0.2, 0.25) is 0 Å². The van der Waals surface area contributed by atoms with Gasteiger partial charge in [-0.25, -0.2) is 0 Å². The molecule has 1 aliphatic heterocycles. The third-order valence-electron chi connectivity index (χ3n) is 3.34. The Morgan fingerprint density at radius 3 is 2.39 bits per heavy atom. The van der Waals surface area contributed by atoms with Crippen LogP contribution < -0.4 is 10.1 Å². The fourth-order valence-corrected chi connectivity index (χ4v) is 2.42. The van der Waals surface area contributed by atoms with Gasteiger partial charge in [0.15, 0.2) is 11.5 Å². The molecule has 2 rings (SSSR count). The highest BCUT2D eigenvalue weighted by atomic mass is 35.5. The molecule has 1 aromatic rings. The predicted octanol–water partition coefficient (Wildman–Crippen LogP) is 3.27. The molecule has 0 bridgehead atoms.